The van der Waals surface area contributed by atoms with Crippen LogP contribution < -0.4 is 5.32 Å². The third-order valence-electron chi connectivity index (χ3n) is 3.99. The highest BCUT2D eigenvalue weighted by Gasteiger charge is 2.50. The van der Waals surface area contributed by atoms with Crippen LogP contribution in [0.25, 0.3) is 0 Å². The third kappa shape index (κ3) is 0.989. The fraction of sp³-hybridized carbons (Fsp3) is 0.727. The Labute approximate surface area is 84.5 Å². The van der Waals surface area contributed by atoms with Crippen LogP contribution in [0.1, 0.15) is 37.5 Å². The molecule has 76 valence electrons. The highest BCUT2D eigenvalue weighted by atomic mass is 15.1. The van der Waals surface area contributed by atoms with E-state index in [-0.39, 0.29) is 0 Å². The minimum atomic E-state index is 0.519. The van der Waals surface area contributed by atoms with Crippen molar-refractivity contribution in [3.05, 3.63) is 18.2 Å². The highest BCUT2D eigenvalue weighted by Crippen LogP contribution is 2.52. The average Bonchev–Trinajstić information content (AvgIpc) is 2.75. The molecule has 14 heavy (non-hydrogen) atoms. The Bertz CT molecular complexity index is 336. The van der Waals surface area contributed by atoms with Gasteiger partial charge in [0.25, 0.3) is 0 Å². The predicted octanol–water partition coefficient (Wildman–Crippen LogP) is 1.62. The topological polar surface area (TPSA) is 29.9 Å². The molecule has 1 aromatic heterocycles. The smallest absolute Gasteiger partial charge is 0.126 e. The Kier molecular flexibility index (Phi) is 1.71. The molecule has 2 aliphatic rings. The zero-order valence-electron chi connectivity index (χ0n) is 8.66. The van der Waals surface area contributed by atoms with Gasteiger partial charge in [-0.2, -0.15) is 0 Å². The fourth-order valence-electron chi connectivity index (χ4n) is 3.06. The van der Waals surface area contributed by atoms with Gasteiger partial charge < -0.3 is 9.88 Å². The fourth-order valence-corrected chi connectivity index (χ4v) is 3.06. The summed E-state index contributed by atoms with van der Waals surface area (Å²) >= 11 is 0. The second-order valence-electron chi connectivity index (χ2n) is 4.78. The quantitative estimate of drug-likeness (QED) is 0.731. The minimum absolute atomic E-state index is 0.519. The number of nitrogens with zero attached hydrogens (tertiary/aromatic N) is 2. The minimum Gasteiger partial charge on any atom is -0.337 e. The van der Waals surface area contributed by atoms with E-state index >= 15 is 0 Å². The summed E-state index contributed by atoms with van der Waals surface area (Å²) in [6.07, 6.45) is 9.52. The largest absolute Gasteiger partial charge is 0.337 e. The number of hydrogen-bond donors (Lipinski definition) is 1. The van der Waals surface area contributed by atoms with E-state index in [1.54, 1.807) is 0 Å². The average molecular weight is 191 g/mol. The molecule has 3 heteroatoms. The van der Waals surface area contributed by atoms with Gasteiger partial charge in [0.2, 0.25) is 0 Å². The third-order valence-corrected chi connectivity index (χ3v) is 3.99. The van der Waals surface area contributed by atoms with Crippen molar-refractivity contribution in [2.75, 3.05) is 6.54 Å². The van der Waals surface area contributed by atoms with Crippen molar-refractivity contribution in [1.82, 2.24) is 14.9 Å². The number of imidazole rings is 1. The Morgan fingerprint density at radius 1 is 1.50 bits per heavy atom. The van der Waals surface area contributed by atoms with E-state index in [9.17, 15) is 0 Å². The molecule has 1 saturated carbocycles. The zero-order valence-corrected chi connectivity index (χ0v) is 8.66. The van der Waals surface area contributed by atoms with Crippen molar-refractivity contribution in [3.8, 4) is 0 Å². The van der Waals surface area contributed by atoms with Crippen LogP contribution in [-0.4, -0.2) is 16.1 Å². The molecule has 3 nitrogen and oxygen atoms in total. The molecule has 1 aromatic rings. The molecule has 2 fully saturated rings. The van der Waals surface area contributed by atoms with Crippen molar-refractivity contribution >= 4 is 0 Å². The Hall–Kier alpha value is -0.830. The number of aromatic nitrogens is 2. The lowest BCUT2D eigenvalue weighted by atomic mass is 9.71. The van der Waals surface area contributed by atoms with E-state index in [0.29, 0.717) is 11.5 Å². The molecular formula is C11H17N3. The molecule has 0 aromatic carbocycles. The lowest BCUT2D eigenvalue weighted by Crippen LogP contribution is -2.55. The van der Waals surface area contributed by atoms with Gasteiger partial charge in [-0.25, -0.2) is 4.98 Å². The van der Waals surface area contributed by atoms with Crippen molar-refractivity contribution < 1.29 is 0 Å². The SMILES string of the molecule is Cn1ccnc1C1NCC12CCCC2. The summed E-state index contributed by atoms with van der Waals surface area (Å²) in [6.45, 7) is 1.20. The number of nitrogens with one attached hydrogen (secondary N) is 1. The van der Waals surface area contributed by atoms with Gasteiger partial charge in [0.05, 0.1) is 6.04 Å². The summed E-state index contributed by atoms with van der Waals surface area (Å²) in [6, 6.07) is 0.519. The van der Waals surface area contributed by atoms with Crippen molar-refractivity contribution in [1.29, 1.82) is 0 Å². The first-order valence-electron chi connectivity index (χ1n) is 5.52. The lowest BCUT2D eigenvalue weighted by molar-refractivity contribution is 0.0808. The van der Waals surface area contributed by atoms with Gasteiger partial charge in [0.1, 0.15) is 5.82 Å². The van der Waals surface area contributed by atoms with Gasteiger partial charge in [-0.3, -0.25) is 0 Å². The van der Waals surface area contributed by atoms with Gasteiger partial charge in [0, 0.05) is 31.4 Å². The van der Waals surface area contributed by atoms with Crippen LogP contribution in [0.5, 0.6) is 0 Å². The second kappa shape index (κ2) is 2.83. The van der Waals surface area contributed by atoms with E-state index < -0.39 is 0 Å². The summed E-state index contributed by atoms with van der Waals surface area (Å²) in [5.74, 6) is 1.22. The number of aryl methyl sites for hydroxylation is 1. The van der Waals surface area contributed by atoms with Crippen LogP contribution in [0.15, 0.2) is 12.4 Å². The van der Waals surface area contributed by atoms with E-state index in [0.717, 1.165) is 0 Å². The van der Waals surface area contributed by atoms with Gasteiger partial charge >= 0.3 is 0 Å². The predicted molar refractivity (Wildman–Crippen MR) is 54.9 cm³/mol. The number of hydrogen-bond acceptors (Lipinski definition) is 2. The maximum absolute atomic E-state index is 4.46. The molecule has 0 amide bonds. The van der Waals surface area contributed by atoms with Gasteiger partial charge in [-0.15, -0.1) is 0 Å². The first kappa shape index (κ1) is 8.48. The second-order valence-corrected chi connectivity index (χ2v) is 4.78. The van der Waals surface area contributed by atoms with Crippen LogP contribution >= 0.6 is 0 Å². The molecule has 0 radical (unpaired) electrons. The Morgan fingerprint density at radius 2 is 2.29 bits per heavy atom. The standard InChI is InChI=1S/C11H17N3/c1-14-7-6-12-10(14)9-11(8-13-9)4-2-3-5-11/h6-7,9,13H,2-5,8H2,1H3. The maximum atomic E-state index is 4.46. The summed E-state index contributed by atoms with van der Waals surface area (Å²) < 4.78 is 2.15. The summed E-state index contributed by atoms with van der Waals surface area (Å²) in [5, 5.41) is 3.54. The Morgan fingerprint density at radius 3 is 2.79 bits per heavy atom. The molecule has 1 spiro atoms. The van der Waals surface area contributed by atoms with Crippen molar-refractivity contribution in [3.63, 3.8) is 0 Å². The molecule has 1 aliphatic heterocycles. The summed E-state index contributed by atoms with van der Waals surface area (Å²) in [7, 11) is 2.09. The van der Waals surface area contributed by atoms with E-state index in [2.05, 4.69) is 21.9 Å². The summed E-state index contributed by atoms with van der Waals surface area (Å²) in [4.78, 5) is 4.46. The van der Waals surface area contributed by atoms with Crippen LogP contribution in [0.4, 0.5) is 0 Å². The lowest BCUT2D eigenvalue weighted by Gasteiger charge is -2.47. The zero-order chi connectivity index (χ0) is 9.60. The van der Waals surface area contributed by atoms with Crippen molar-refractivity contribution in [2.24, 2.45) is 12.5 Å². The van der Waals surface area contributed by atoms with E-state index in [1.165, 1.54) is 38.1 Å². The number of rotatable bonds is 1. The molecule has 1 saturated heterocycles. The highest BCUT2D eigenvalue weighted by molar-refractivity contribution is 5.14. The monoisotopic (exact) mass is 191 g/mol. The van der Waals surface area contributed by atoms with Gasteiger partial charge in [-0.1, -0.05) is 12.8 Å². The molecule has 3 rings (SSSR count). The first-order chi connectivity index (χ1) is 6.82. The molecule has 1 unspecified atom stereocenters. The molecule has 1 atom stereocenters. The summed E-state index contributed by atoms with van der Waals surface area (Å²) in [5.41, 5.74) is 0.555. The molecule has 2 heterocycles. The van der Waals surface area contributed by atoms with E-state index in [1.807, 2.05) is 12.4 Å². The first-order valence-corrected chi connectivity index (χ1v) is 5.52. The molecule has 1 N–H and O–H groups in total. The molecule has 0 bridgehead atoms. The normalized spacial score (nSPS) is 29.4. The van der Waals surface area contributed by atoms with Crippen LogP contribution in [0.2, 0.25) is 0 Å². The molecular weight excluding hydrogens is 174 g/mol. The molecule has 1 aliphatic carbocycles. The Balaban J connectivity index is 1.90. The van der Waals surface area contributed by atoms with Crippen molar-refractivity contribution in [2.45, 2.75) is 31.7 Å². The van der Waals surface area contributed by atoms with Crippen LogP contribution in [0.3, 0.4) is 0 Å². The van der Waals surface area contributed by atoms with Gasteiger partial charge in [-0.05, 0) is 12.8 Å². The maximum Gasteiger partial charge on any atom is 0.126 e. The van der Waals surface area contributed by atoms with Crippen LogP contribution in [-0.2, 0) is 7.05 Å². The van der Waals surface area contributed by atoms with E-state index in [4.69, 9.17) is 0 Å². The van der Waals surface area contributed by atoms with Crippen LogP contribution in [0, 0.1) is 5.41 Å². The van der Waals surface area contributed by atoms with Gasteiger partial charge in [0.15, 0.2) is 0 Å².